The van der Waals surface area contributed by atoms with Crippen molar-refractivity contribution in [3.63, 3.8) is 0 Å². The molecule has 0 aromatic carbocycles. The number of nitrogens with zero attached hydrogens (tertiary/aromatic N) is 2. The fraction of sp³-hybridized carbons (Fsp3) is 0.615. The third-order valence-corrected chi connectivity index (χ3v) is 3.68. The Morgan fingerprint density at radius 2 is 1.94 bits per heavy atom. The first-order chi connectivity index (χ1) is 7.83. The highest BCUT2D eigenvalue weighted by molar-refractivity contribution is 5.43. The highest BCUT2D eigenvalue weighted by Crippen LogP contribution is 2.40. The van der Waals surface area contributed by atoms with Crippen LogP contribution in [0.5, 0.6) is 0 Å². The summed E-state index contributed by atoms with van der Waals surface area (Å²) < 4.78 is 0. The van der Waals surface area contributed by atoms with E-state index in [2.05, 4.69) is 22.0 Å². The van der Waals surface area contributed by atoms with Crippen LogP contribution in [-0.2, 0) is 0 Å². The maximum Gasteiger partial charge on any atom is 0.128 e. The van der Waals surface area contributed by atoms with Crippen LogP contribution in [0.3, 0.4) is 0 Å². The topological polar surface area (TPSA) is 42.1 Å². The van der Waals surface area contributed by atoms with Crippen LogP contribution in [0, 0.1) is 0 Å². The molecular formula is C13H19N3. The van der Waals surface area contributed by atoms with Gasteiger partial charge in [0.1, 0.15) is 5.82 Å². The molecule has 0 amide bonds. The molecule has 2 fully saturated rings. The molecule has 3 nitrogen and oxygen atoms in total. The lowest BCUT2D eigenvalue weighted by Crippen LogP contribution is -2.40. The Bertz CT molecular complexity index is 365. The summed E-state index contributed by atoms with van der Waals surface area (Å²) in [5.41, 5.74) is 7.39. The number of nitrogens with two attached hydrogens (primary N) is 1. The van der Waals surface area contributed by atoms with Crippen molar-refractivity contribution in [1.82, 2.24) is 4.98 Å². The normalized spacial score (nSPS) is 22.4. The summed E-state index contributed by atoms with van der Waals surface area (Å²) in [6, 6.07) is 4.83. The molecule has 1 saturated carbocycles. The first-order valence-corrected chi connectivity index (χ1v) is 6.29. The smallest absolute Gasteiger partial charge is 0.128 e. The molecule has 86 valence electrons. The standard InChI is InChI=1S/C13H19N3/c14-12-4-7-16(8-5-12)13-9-11(3-6-15-13)10-1-2-10/h3,6,9-10,12H,1-2,4-5,7-8,14H2. The SMILES string of the molecule is NC1CCN(c2cc(C3CC3)ccn2)CC1. The highest BCUT2D eigenvalue weighted by Gasteiger charge is 2.25. The summed E-state index contributed by atoms with van der Waals surface area (Å²) in [7, 11) is 0. The van der Waals surface area contributed by atoms with Crippen LogP contribution in [0.4, 0.5) is 5.82 Å². The van der Waals surface area contributed by atoms with Crippen LogP contribution < -0.4 is 10.6 Å². The molecule has 3 rings (SSSR count). The number of piperidine rings is 1. The van der Waals surface area contributed by atoms with Gasteiger partial charge >= 0.3 is 0 Å². The van der Waals surface area contributed by atoms with Gasteiger partial charge < -0.3 is 10.6 Å². The van der Waals surface area contributed by atoms with Crippen molar-refractivity contribution in [2.45, 2.75) is 37.6 Å². The van der Waals surface area contributed by atoms with Gasteiger partial charge in [-0.2, -0.15) is 0 Å². The summed E-state index contributed by atoms with van der Waals surface area (Å²) in [5, 5.41) is 0. The van der Waals surface area contributed by atoms with Gasteiger partial charge in [0.15, 0.2) is 0 Å². The Labute approximate surface area is 96.7 Å². The van der Waals surface area contributed by atoms with Crippen molar-refractivity contribution < 1.29 is 0 Å². The monoisotopic (exact) mass is 217 g/mol. The zero-order valence-corrected chi connectivity index (χ0v) is 9.60. The Morgan fingerprint density at radius 3 is 2.62 bits per heavy atom. The zero-order chi connectivity index (χ0) is 11.0. The largest absolute Gasteiger partial charge is 0.356 e. The quantitative estimate of drug-likeness (QED) is 0.822. The summed E-state index contributed by atoms with van der Waals surface area (Å²) in [6.07, 6.45) is 6.85. The van der Waals surface area contributed by atoms with Gasteiger partial charge in [0.05, 0.1) is 0 Å². The molecule has 1 saturated heterocycles. The van der Waals surface area contributed by atoms with Gasteiger partial charge in [-0.05, 0) is 49.3 Å². The molecule has 0 atom stereocenters. The van der Waals surface area contributed by atoms with E-state index in [4.69, 9.17) is 5.73 Å². The summed E-state index contributed by atoms with van der Waals surface area (Å²) in [4.78, 5) is 6.85. The Morgan fingerprint density at radius 1 is 1.19 bits per heavy atom. The van der Waals surface area contributed by atoms with E-state index in [9.17, 15) is 0 Å². The maximum atomic E-state index is 5.92. The fourth-order valence-corrected chi connectivity index (χ4v) is 2.41. The Kier molecular flexibility index (Phi) is 2.56. The van der Waals surface area contributed by atoms with Crippen LogP contribution in [0.1, 0.15) is 37.2 Å². The third kappa shape index (κ3) is 2.05. The van der Waals surface area contributed by atoms with Crippen LogP contribution in [-0.4, -0.2) is 24.1 Å². The minimum absolute atomic E-state index is 0.392. The van der Waals surface area contributed by atoms with E-state index in [1.807, 2.05) is 6.20 Å². The molecule has 1 aliphatic heterocycles. The van der Waals surface area contributed by atoms with Crippen molar-refractivity contribution in [2.75, 3.05) is 18.0 Å². The van der Waals surface area contributed by atoms with E-state index in [-0.39, 0.29) is 0 Å². The predicted octanol–water partition coefficient (Wildman–Crippen LogP) is 1.89. The highest BCUT2D eigenvalue weighted by atomic mass is 15.2. The molecule has 1 aromatic rings. The second kappa shape index (κ2) is 4.06. The van der Waals surface area contributed by atoms with Gasteiger partial charge in [0.25, 0.3) is 0 Å². The number of hydrogen-bond acceptors (Lipinski definition) is 3. The third-order valence-electron chi connectivity index (χ3n) is 3.68. The summed E-state index contributed by atoms with van der Waals surface area (Å²) in [6.45, 7) is 2.12. The van der Waals surface area contributed by atoms with Crippen molar-refractivity contribution in [3.8, 4) is 0 Å². The maximum absolute atomic E-state index is 5.92. The van der Waals surface area contributed by atoms with Crippen molar-refractivity contribution in [3.05, 3.63) is 23.9 Å². The molecule has 3 heteroatoms. The molecule has 0 bridgehead atoms. The van der Waals surface area contributed by atoms with Crippen molar-refractivity contribution in [2.24, 2.45) is 5.73 Å². The number of anilines is 1. The summed E-state index contributed by atoms with van der Waals surface area (Å²) in [5.74, 6) is 1.96. The van der Waals surface area contributed by atoms with Crippen LogP contribution in [0.2, 0.25) is 0 Å². The number of hydrogen-bond donors (Lipinski definition) is 1. The van der Waals surface area contributed by atoms with Crippen LogP contribution >= 0.6 is 0 Å². The van der Waals surface area contributed by atoms with Gasteiger partial charge in [-0.15, -0.1) is 0 Å². The van der Waals surface area contributed by atoms with Gasteiger partial charge in [-0.25, -0.2) is 4.98 Å². The van der Waals surface area contributed by atoms with E-state index in [1.54, 1.807) is 0 Å². The molecule has 1 aromatic heterocycles. The van der Waals surface area contributed by atoms with Crippen molar-refractivity contribution in [1.29, 1.82) is 0 Å². The number of aromatic nitrogens is 1. The Hall–Kier alpha value is -1.09. The second-order valence-corrected chi connectivity index (χ2v) is 5.05. The lowest BCUT2D eigenvalue weighted by molar-refractivity contribution is 0.498. The van der Waals surface area contributed by atoms with E-state index >= 15 is 0 Å². The van der Waals surface area contributed by atoms with Gasteiger partial charge in [-0.1, -0.05) is 0 Å². The summed E-state index contributed by atoms with van der Waals surface area (Å²) >= 11 is 0. The van der Waals surface area contributed by atoms with Crippen LogP contribution in [0.25, 0.3) is 0 Å². The minimum atomic E-state index is 0.392. The van der Waals surface area contributed by atoms with E-state index in [0.29, 0.717) is 6.04 Å². The number of rotatable bonds is 2. The molecule has 16 heavy (non-hydrogen) atoms. The van der Waals surface area contributed by atoms with E-state index in [1.165, 1.54) is 18.4 Å². The van der Waals surface area contributed by atoms with Gasteiger partial charge in [0, 0.05) is 25.3 Å². The second-order valence-electron chi connectivity index (χ2n) is 5.05. The molecule has 0 unspecified atom stereocenters. The van der Waals surface area contributed by atoms with Crippen molar-refractivity contribution >= 4 is 5.82 Å². The van der Waals surface area contributed by atoms with Crippen LogP contribution in [0.15, 0.2) is 18.3 Å². The average molecular weight is 217 g/mol. The predicted molar refractivity (Wildman–Crippen MR) is 65.6 cm³/mol. The van der Waals surface area contributed by atoms with E-state index in [0.717, 1.165) is 37.7 Å². The Balaban J connectivity index is 1.75. The first kappa shape index (κ1) is 10.1. The molecule has 1 aliphatic carbocycles. The molecule has 0 radical (unpaired) electrons. The molecule has 2 aliphatic rings. The van der Waals surface area contributed by atoms with Gasteiger partial charge in [0.2, 0.25) is 0 Å². The molecular weight excluding hydrogens is 198 g/mol. The molecule has 0 spiro atoms. The number of pyridine rings is 1. The fourth-order valence-electron chi connectivity index (χ4n) is 2.41. The lowest BCUT2D eigenvalue weighted by atomic mass is 10.1. The van der Waals surface area contributed by atoms with Gasteiger partial charge in [-0.3, -0.25) is 0 Å². The molecule has 2 heterocycles. The average Bonchev–Trinajstić information content (AvgIpc) is 3.14. The lowest BCUT2D eigenvalue weighted by Gasteiger charge is -2.31. The minimum Gasteiger partial charge on any atom is -0.356 e. The zero-order valence-electron chi connectivity index (χ0n) is 9.60. The van der Waals surface area contributed by atoms with E-state index < -0.39 is 0 Å². The first-order valence-electron chi connectivity index (χ1n) is 6.29. The molecule has 2 N–H and O–H groups in total.